The van der Waals surface area contributed by atoms with Crippen LogP contribution in [0, 0.1) is 5.92 Å². The molecule has 0 aliphatic rings. The number of amides is 2. The minimum atomic E-state index is -0.0568. The Morgan fingerprint density at radius 2 is 1.91 bits per heavy atom. The van der Waals surface area contributed by atoms with E-state index in [4.69, 9.17) is 23.2 Å². The van der Waals surface area contributed by atoms with Crippen molar-refractivity contribution in [3.8, 4) is 0 Å². The number of nitrogens with zero attached hydrogens (tertiary/aromatic N) is 1. The van der Waals surface area contributed by atoms with Crippen molar-refractivity contribution in [1.82, 2.24) is 10.2 Å². The normalized spacial score (nSPS) is 10.6. The highest BCUT2D eigenvalue weighted by molar-refractivity contribution is 6.35. The molecule has 0 bridgehead atoms. The topological polar surface area (TPSA) is 49.4 Å². The van der Waals surface area contributed by atoms with E-state index in [0.29, 0.717) is 36.1 Å². The van der Waals surface area contributed by atoms with E-state index >= 15 is 0 Å². The van der Waals surface area contributed by atoms with Gasteiger partial charge >= 0.3 is 0 Å². The lowest BCUT2D eigenvalue weighted by Crippen LogP contribution is -2.39. The van der Waals surface area contributed by atoms with Gasteiger partial charge in [-0.25, -0.2) is 0 Å². The summed E-state index contributed by atoms with van der Waals surface area (Å²) in [5.74, 6) is -0.0909. The van der Waals surface area contributed by atoms with Crippen LogP contribution in [0.4, 0.5) is 0 Å². The molecule has 0 saturated heterocycles. The molecule has 0 atom stereocenters. The maximum absolute atomic E-state index is 11.7. The Morgan fingerprint density at radius 1 is 1.23 bits per heavy atom. The third kappa shape index (κ3) is 6.24. The van der Waals surface area contributed by atoms with Crippen LogP contribution in [0.1, 0.15) is 26.3 Å². The summed E-state index contributed by atoms with van der Waals surface area (Å²) in [6, 6.07) is 5.34. The molecule has 4 nitrogen and oxygen atoms in total. The van der Waals surface area contributed by atoms with E-state index in [1.54, 1.807) is 17.0 Å². The van der Waals surface area contributed by atoms with Crippen molar-refractivity contribution in [1.29, 1.82) is 0 Å². The third-order valence-electron chi connectivity index (χ3n) is 3.32. The Bertz CT molecular complexity index is 533. The molecule has 1 N–H and O–H groups in total. The molecule has 0 saturated carbocycles. The number of hydrogen-bond acceptors (Lipinski definition) is 2. The SMILES string of the molecule is CC(=O)N(CCNC(=O)C(C)C)CCc1ccc(Cl)cc1Cl. The molecule has 0 radical (unpaired) electrons. The largest absolute Gasteiger partial charge is 0.354 e. The lowest BCUT2D eigenvalue weighted by Gasteiger charge is -2.22. The van der Waals surface area contributed by atoms with Crippen molar-refractivity contribution in [2.24, 2.45) is 5.92 Å². The van der Waals surface area contributed by atoms with Gasteiger partial charge in [-0.15, -0.1) is 0 Å². The summed E-state index contributed by atoms with van der Waals surface area (Å²) >= 11 is 12.0. The fourth-order valence-electron chi connectivity index (χ4n) is 1.92. The van der Waals surface area contributed by atoms with Gasteiger partial charge < -0.3 is 10.2 Å². The molecule has 0 heterocycles. The molecule has 122 valence electrons. The maximum Gasteiger partial charge on any atom is 0.222 e. The molecule has 22 heavy (non-hydrogen) atoms. The minimum absolute atomic E-state index is 0.00996. The first-order chi connectivity index (χ1) is 10.3. The van der Waals surface area contributed by atoms with Crippen LogP contribution in [0.25, 0.3) is 0 Å². The number of carbonyl (C=O) groups is 2. The monoisotopic (exact) mass is 344 g/mol. The van der Waals surface area contributed by atoms with E-state index in [0.717, 1.165) is 5.56 Å². The first kappa shape index (κ1) is 18.8. The summed E-state index contributed by atoms with van der Waals surface area (Å²) in [6.45, 7) is 6.67. The van der Waals surface area contributed by atoms with E-state index < -0.39 is 0 Å². The highest BCUT2D eigenvalue weighted by atomic mass is 35.5. The van der Waals surface area contributed by atoms with E-state index in [1.165, 1.54) is 6.92 Å². The molecular weight excluding hydrogens is 323 g/mol. The van der Waals surface area contributed by atoms with Gasteiger partial charge in [0.15, 0.2) is 0 Å². The first-order valence-electron chi connectivity index (χ1n) is 7.28. The van der Waals surface area contributed by atoms with Crippen molar-refractivity contribution in [2.45, 2.75) is 27.2 Å². The summed E-state index contributed by atoms with van der Waals surface area (Å²) in [7, 11) is 0. The fraction of sp³-hybridized carbons (Fsp3) is 0.500. The Labute approximate surface area is 141 Å². The molecule has 2 amide bonds. The van der Waals surface area contributed by atoms with Crippen LogP contribution in [-0.2, 0) is 16.0 Å². The van der Waals surface area contributed by atoms with Crippen molar-refractivity contribution >= 4 is 35.0 Å². The molecule has 1 aromatic carbocycles. The quantitative estimate of drug-likeness (QED) is 0.825. The predicted molar refractivity (Wildman–Crippen MR) is 90.3 cm³/mol. The summed E-state index contributed by atoms with van der Waals surface area (Å²) in [4.78, 5) is 24.9. The molecule has 0 spiro atoms. The lowest BCUT2D eigenvalue weighted by atomic mass is 10.1. The molecule has 6 heteroatoms. The highest BCUT2D eigenvalue weighted by Gasteiger charge is 2.11. The maximum atomic E-state index is 11.7. The zero-order chi connectivity index (χ0) is 16.7. The number of benzene rings is 1. The predicted octanol–water partition coefficient (Wildman–Crippen LogP) is 3.16. The van der Waals surface area contributed by atoms with Gasteiger partial charge in [-0.05, 0) is 24.1 Å². The van der Waals surface area contributed by atoms with Gasteiger partial charge in [0.2, 0.25) is 11.8 Å². The molecule has 0 unspecified atom stereocenters. The van der Waals surface area contributed by atoms with Gasteiger partial charge in [-0.1, -0.05) is 43.1 Å². The van der Waals surface area contributed by atoms with Crippen molar-refractivity contribution in [3.05, 3.63) is 33.8 Å². The molecule has 0 aromatic heterocycles. The number of hydrogen-bond donors (Lipinski definition) is 1. The van der Waals surface area contributed by atoms with E-state index in [9.17, 15) is 9.59 Å². The standard InChI is InChI=1S/C16H22Cl2N2O2/c1-11(2)16(22)19-7-9-20(12(3)21)8-6-13-4-5-14(17)10-15(13)18/h4-5,10-11H,6-9H2,1-3H3,(H,19,22). The van der Waals surface area contributed by atoms with Gasteiger partial charge in [0.05, 0.1) is 0 Å². The second-order valence-corrected chi connectivity index (χ2v) is 6.28. The summed E-state index contributed by atoms with van der Waals surface area (Å²) < 4.78 is 0. The zero-order valence-corrected chi connectivity index (χ0v) is 14.7. The van der Waals surface area contributed by atoms with Gasteiger partial charge in [-0.2, -0.15) is 0 Å². The molecule has 0 aliphatic heterocycles. The van der Waals surface area contributed by atoms with Crippen LogP contribution in [0.15, 0.2) is 18.2 Å². The van der Waals surface area contributed by atoms with Crippen LogP contribution in [0.2, 0.25) is 10.0 Å². The second-order valence-electron chi connectivity index (χ2n) is 5.44. The van der Waals surface area contributed by atoms with Crippen molar-refractivity contribution < 1.29 is 9.59 Å². The fourth-order valence-corrected chi connectivity index (χ4v) is 2.43. The number of rotatable bonds is 7. The van der Waals surface area contributed by atoms with Crippen LogP contribution >= 0.6 is 23.2 Å². The van der Waals surface area contributed by atoms with Gasteiger partial charge in [0.25, 0.3) is 0 Å². The Hall–Kier alpha value is -1.26. The molecular formula is C16H22Cl2N2O2. The highest BCUT2D eigenvalue weighted by Crippen LogP contribution is 2.21. The number of carbonyl (C=O) groups excluding carboxylic acids is 2. The van der Waals surface area contributed by atoms with Crippen molar-refractivity contribution in [2.75, 3.05) is 19.6 Å². The second kappa shape index (κ2) is 9.01. The average Bonchev–Trinajstić information content (AvgIpc) is 2.43. The molecule has 1 rings (SSSR count). The van der Waals surface area contributed by atoms with Crippen LogP contribution in [0.5, 0.6) is 0 Å². The zero-order valence-electron chi connectivity index (χ0n) is 13.2. The first-order valence-corrected chi connectivity index (χ1v) is 8.04. The molecule has 0 fully saturated rings. The lowest BCUT2D eigenvalue weighted by molar-refractivity contribution is -0.129. The van der Waals surface area contributed by atoms with Gasteiger partial charge in [0.1, 0.15) is 0 Å². The third-order valence-corrected chi connectivity index (χ3v) is 3.90. The summed E-state index contributed by atoms with van der Waals surface area (Å²) in [6.07, 6.45) is 0.647. The van der Waals surface area contributed by atoms with Crippen LogP contribution < -0.4 is 5.32 Å². The number of nitrogens with one attached hydrogen (secondary N) is 1. The molecule has 1 aromatic rings. The Kier molecular flexibility index (Phi) is 7.69. The van der Waals surface area contributed by atoms with Crippen LogP contribution in [0.3, 0.4) is 0 Å². The van der Waals surface area contributed by atoms with Crippen molar-refractivity contribution in [3.63, 3.8) is 0 Å². The van der Waals surface area contributed by atoms with E-state index in [1.807, 2.05) is 19.9 Å². The number of halogens is 2. The Balaban J connectivity index is 2.51. The van der Waals surface area contributed by atoms with Crippen LogP contribution in [-0.4, -0.2) is 36.3 Å². The summed E-state index contributed by atoms with van der Waals surface area (Å²) in [5, 5.41) is 4.00. The molecule has 0 aliphatic carbocycles. The average molecular weight is 345 g/mol. The Morgan fingerprint density at radius 3 is 2.45 bits per heavy atom. The van der Waals surface area contributed by atoms with E-state index in [-0.39, 0.29) is 17.7 Å². The van der Waals surface area contributed by atoms with E-state index in [2.05, 4.69) is 5.32 Å². The summed E-state index contributed by atoms with van der Waals surface area (Å²) in [5.41, 5.74) is 0.948. The smallest absolute Gasteiger partial charge is 0.222 e. The van der Waals surface area contributed by atoms with Gasteiger partial charge in [0, 0.05) is 42.5 Å². The minimum Gasteiger partial charge on any atom is -0.354 e. The van der Waals surface area contributed by atoms with Gasteiger partial charge in [-0.3, -0.25) is 9.59 Å².